The summed E-state index contributed by atoms with van der Waals surface area (Å²) in [6, 6.07) is 3.91. The molecule has 1 atom stereocenters. The van der Waals surface area contributed by atoms with Gasteiger partial charge in [0.2, 0.25) is 6.08 Å². The van der Waals surface area contributed by atoms with Gasteiger partial charge in [0.25, 0.3) is 11.8 Å². The monoisotopic (exact) mass is 1330 g/mol. The zero-order chi connectivity index (χ0) is 88.8. The van der Waals surface area contributed by atoms with E-state index in [4.69, 9.17) is 87.0 Å². The van der Waals surface area contributed by atoms with Crippen molar-refractivity contribution in [1.82, 2.24) is 86.3 Å². The number of amides is 8. The van der Waals surface area contributed by atoms with Crippen LogP contribution in [0, 0.1) is 0 Å². The van der Waals surface area contributed by atoms with Gasteiger partial charge in [0.15, 0.2) is 45.5 Å². The number of methoxy groups -OCH3 is 2. The Labute approximate surface area is 573 Å². The highest BCUT2D eigenvalue weighted by atomic mass is 35.5. The summed E-state index contributed by atoms with van der Waals surface area (Å²) in [5, 5.41) is 39.8. The van der Waals surface area contributed by atoms with E-state index in [-0.39, 0.29) is 80.9 Å². The molecule has 2 saturated heterocycles. The first-order chi connectivity index (χ1) is 53.2. The number of alkyl halides is 2. The number of nitrogens with one attached hydrogen (secondary N) is 7. The molecule has 9 N–H and O–H groups in total. The van der Waals surface area contributed by atoms with E-state index in [2.05, 4.69) is 66.8 Å². The molecule has 0 saturated carbocycles. The minimum absolute atomic E-state index is 0. The Morgan fingerprint density at radius 3 is 1.75 bits per heavy atom. The number of aliphatic imine (C=N–C) groups is 1. The van der Waals surface area contributed by atoms with Crippen LogP contribution < -0.4 is 57.3 Å². The van der Waals surface area contributed by atoms with Crippen molar-refractivity contribution in [3.05, 3.63) is 77.7 Å². The number of benzene rings is 2. The molecule has 4 aromatic heterocycles. The van der Waals surface area contributed by atoms with Crippen molar-refractivity contribution >= 4 is 99.4 Å². The number of urea groups is 3. The third kappa shape index (κ3) is 23.6. The van der Waals surface area contributed by atoms with Crippen LogP contribution >= 0.6 is 34.8 Å². The molecule has 0 spiro atoms. The molecule has 8 amide bonds. The van der Waals surface area contributed by atoms with E-state index < -0.39 is 122 Å². The predicted octanol–water partition coefficient (Wildman–Crippen LogP) is 6.83. The number of carbonyl (C=O) groups is 5. The summed E-state index contributed by atoms with van der Waals surface area (Å²) < 4.78 is 209. The summed E-state index contributed by atoms with van der Waals surface area (Å²) >= 11 is 16.3. The standard InChI is InChI=1S/C22H27N9O3.C16H16ClN7O2.C6H13ClN2O.C6H12N2O.C3H4ClNO.C3H9N.2H2/c1-13(2)30-9-10-31(22(30)33)17-11-16(18(27-26-17)21(32)23-3)25-15-8-6-7-14(19(15)34-5)20-24-12-29(4)28-20;1-18-16(25)13-11(7-12(17)21-22-13)20-10-6-4-5-9(14(10)26-3)15-19-8-24(2)23-15;1-5(2)9-6(10)8-4-3-7;1-5(2)8-4-3-7-6(8)9;4-1-2-5-3-6;1-3(2)4;;/h6-8,11-13H,9-10H2,1-5H3,(H,23,32)(H,25,26);4-8H,1-3H3,(H,18,25)(H,20,21);5H,3-4H2,1-2H3,(H2,8,9,10);5H,3-4H2,1-2H3,(H,7,9);1-2H2;3H,4H2,1-2H3;2*1H/i1D3,2D3,3D3;1D3;2*1D3,2D3;;1D3;;. The number of halogens is 3. The number of ether oxygens (including phenoxy) is 2. The molecule has 2 aromatic carbocycles. The maximum absolute atomic E-state index is 13.3. The molecule has 89 heavy (non-hydrogen) atoms. The van der Waals surface area contributed by atoms with Gasteiger partial charge in [-0.1, -0.05) is 37.5 Å². The molecule has 6 aromatic rings. The first-order valence-electron chi connectivity index (χ1n) is 38.9. The highest BCUT2D eigenvalue weighted by Gasteiger charge is 2.33. The molecule has 8 rings (SSSR count). The van der Waals surface area contributed by atoms with Gasteiger partial charge < -0.3 is 62.2 Å². The predicted molar refractivity (Wildman–Crippen MR) is 348 cm³/mol. The zero-order valence-corrected chi connectivity index (χ0v) is 50.2. The fraction of sp³-hybridized carbons (Fsp3) is 0.464. The Bertz CT molecular complexity index is 4270. The quantitative estimate of drug-likeness (QED) is 0.0248. The van der Waals surface area contributed by atoms with E-state index in [1.54, 1.807) is 61.5 Å². The van der Waals surface area contributed by atoms with Gasteiger partial charge >= 0.3 is 18.1 Å². The van der Waals surface area contributed by atoms with Crippen LogP contribution in [0.1, 0.15) is 116 Å². The van der Waals surface area contributed by atoms with E-state index in [0.29, 0.717) is 46.6 Å². The van der Waals surface area contributed by atoms with Gasteiger partial charge in [-0.3, -0.25) is 23.9 Å². The maximum Gasteiger partial charge on any atom is 0.326 e. The SMILES string of the molecule is O=C=NCCCl.[2H]C([2H])([2H])C(C)N.[2H]C([2H])([2H])C(N1CCNC1=O)C([2H])([2H])[2H].[2H]C([2H])([2H])C(NC(=O)NCCCl)C([2H])([2H])[2H].[2H]C([2H])([2H])NC(=O)c1nnc(Cl)cc1Nc1cccc(-c2ncn(C)n2)c1OC.[2H]C([2H])([2H])NC(=O)c1nnc(N2CCN(C(C([2H])([2H])[2H])C([2H])([2H])[2H])C2=O)cc1Nc1cccc(-c2ncn(C)n2)c1OC.[HH].[HH]. The van der Waals surface area contributed by atoms with Crippen LogP contribution in [0.3, 0.4) is 0 Å². The minimum Gasteiger partial charge on any atom is -0.494 e. The molecular weight excluding hydrogens is 1220 g/mol. The number of rotatable bonds is 18. The number of para-hydroxylation sites is 2. The van der Waals surface area contributed by atoms with Crippen molar-refractivity contribution < 1.29 is 78.1 Å². The van der Waals surface area contributed by atoms with E-state index >= 15 is 0 Å². The third-order valence-corrected chi connectivity index (χ3v) is 11.2. The minimum atomic E-state index is -3.00. The van der Waals surface area contributed by atoms with E-state index in [0.717, 1.165) is 14.7 Å². The topological polar surface area (TPSA) is 366 Å². The highest BCUT2D eigenvalue weighted by Crippen LogP contribution is 2.39. The van der Waals surface area contributed by atoms with Gasteiger partial charge in [-0.25, -0.2) is 34.1 Å². The van der Waals surface area contributed by atoms with Crippen molar-refractivity contribution in [3.8, 4) is 34.3 Å². The van der Waals surface area contributed by atoms with Gasteiger partial charge in [-0.2, -0.15) is 10.2 Å². The summed E-state index contributed by atoms with van der Waals surface area (Å²) in [6.07, 6.45) is 4.40. The van der Waals surface area contributed by atoms with Crippen molar-refractivity contribution in [3.63, 3.8) is 0 Å². The lowest BCUT2D eigenvalue weighted by Crippen LogP contribution is -2.40. The summed E-state index contributed by atoms with van der Waals surface area (Å²) in [6.45, 7) is -22.5. The van der Waals surface area contributed by atoms with Crippen LogP contribution in [0.25, 0.3) is 22.8 Å². The van der Waals surface area contributed by atoms with Gasteiger partial charge in [0.05, 0.1) is 54.6 Å². The molecule has 0 aliphatic carbocycles. The summed E-state index contributed by atoms with van der Waals surface area (Å²) in [7, 11) is 6.30. The summed E-state index contributed by atoms with van der Waals surface area (Å²) in [4.78, 5) is 84.3. The zero-order valence-electron chi connectivity index (χ0n) is 75.0. The molecule has 2 aliphatic heterocycles. The van der Waals surface area contributed by atoms with E-state index in [1.807, 2.05) is 16.0 Å². The number of hydrogen-bond acceptors (Lipinski definition) is 20. The molecule has 6 heterocycles. The van der Waals surface area contributed by atoms with Gasteiger partial charge in [-0.05, 0) is 71.4 Å². The molecule has 0 radical (unpaired) electrons. The third-order valence-electron chi connectivity index (χ3n) is 10.6. The largest absolute Gasteiger partial charge is 0.494 e. The number of aryl methyl sites for hydroxylation is 2. The number of nitrogens with zero attached hydrogens (tertiary/aromatic N) is 14. The maximum atomic E-state index is 13.3. The second kappa shape index (κ2) is 38.3. The second-order valence-electron chi connectivity index (χ2n) is 17.1. The van der Waals surface area contributed by atoms with Crippen molar-refractivity contribution in [2.75, 3.05) is 94.7 Å². The summed E-state index contributed by atoms with van der Waals surface area (Å²) in [5.74, 6) is -0.201. The van der Waals surface area contributed by atoms with E-state index in [1.165, 1.54) is 50.4 Å². The Morgan fingerprint density at radius 1 is 0.764 bits per heavy atom. The molecule has 1 unspecified atom stereocenters. The molecule has 2 aliphatic rings. The molecule has 488 valence electrons. The number of isocyanates is 1. The summed E-state index contributed by atoms with van der Waals surface area (Å²) in [5.41, 5.74) is 6.21. The molecule has 0 bridgehead atoms. The number of aromatic nitrogens is 10. The van der Waals surface area contributed by atoms with Crippen molar-refractivity contribution in [1.29, 1.82) is 0 Å². The normalized spacial score (nSPS) is 18.2. The fourth-order valence-corrected chi connectivity index (χ4v) is 7.30. The Kier molecular flexibility index (Phi) is 18.1. The van der Waals surface area contributed by atoms with Crippen LogP contribution in [0.2, 0.25) is 5.15 Å². The van der Waals surface area contributed by atoms with Gasteiger partial charge in [0.1, 0.15) is 12.7 Å². The lowest BCUT2D eigenvalue weighted by atomic mass is 10.1. The first kappa shape index (κ1) is 42.1. The Balaban J connectivity index is 0.000000798. The number of anilines is 5. The van der Waals surface area contributed by atoms with Crippen LogP contribution in [-0.2, 0) is 18.9 Å². The van der Waals surface area contributed by atoms with Crippen molar-refractivity contribution in [2.24, 2.45) is 24.8 Å². The van der Waals surface area contributed by atoms with Gasteiger partial charge in [0, 0.05) is 143 Å². The van der Waals surface area contributed by atoms with Gasteiger partial charge in [-0.15, -0.1) is 43.6 Å². The van der Waals surface area contributed by atoms with Crippen LogP contribution in [0.4, 0.5) is 43.0 Å². The smallest absolute Gasteiger partial charge is 0.326 e. The van der Waals surface area contributed by atoms with Crippen LogP contribution in [0.5, 0.6) is 11.5 Å². The van der Waals surface area contributed by atoms with E-state index in [9.17, 15) is 28.8 Å². The average molecular weight is 1330 g/mol. The molecular formula is C56H85Cl3N22O8. The average Bonchev–Trinajstić information content (AvgIpc) is 1.60. The lowest BCUT2D eigenvalue weighted by molar-refractivity contribution is 0.0950. The lowest BCUT2D eigenvalue weighted by Gasteiger charge is -2.21. The highest BCUT2D eigenvalue weighted by molar-refractivity contribution is 6.29. The number of carbonyl (C=O) groups excluding carboxylic acids is 6. The number of hydrogen-bond donors (Lipinski definition) is 8. The second-order valence-corrected chi connectivity index (χ2v) is 18.3. The van der Waals surface area contributed by atoms with Crippen LogP contribution in [-0.4, -0.2) is 199 Å². The molecule has 30 nitrogen and oxygen atoms in total. The molecule has 33 heteroatoms. The van der Waals surface area contributed by atoms with Crippen molar-refractivity contribution in [2.45, 2.75) is 79.1 Å². The first-order valence-corrected chi connectivity index (χ1v) is 26.9. The fourth-order valence-electron chi connectivity index (χ4n) is 6.97. The Hall–Kier alpha value is -8.96. The Morgan fingerprint density at radius 2 is 1.31 bits per heavy atom. The molecule has 2 fully saturated rings. The van der Waals surface area contributed by atoms with Crippen LogP contribution in [0.15, 0.2) is 66.2 Å². The number of nitrogens with two attached hydrogens (primary N) is 1.